The van der Waals surface area contributed by atoms with E-state index in [1.54, 1.807) is 5.38 Å². The van der Waals surface area contributed by atoms with Crippen LogP contribution in [0.2, 0.25) is 0 Å². The van der Waals surface area contributed by atoms with Gasteiger partial charge in [-0.05, 0) is 13.3 Å². The van der Waals surface area contributed by atoms with E-state index in [9.17, 15) is 4.79 Å². The molecule has 5 nitrogen and oxygen atoms in total. The summed E-state index contributed by atoms with van der Waals surface area (Å²) in [5.74, 6) is -0.850. The molecule has 2 atom stereocenters. The molecule has 0 spiro atoms. The summed E-state index contributed by atoms with van der Waals surface area (Å²) in [5, 5.41) is 14.7. The number of nitrogens with one attached hydrogen (secondary N) is 1. The number of ether oxygens (including phenoxy) is 1. The van der Waals surface area contributed by atoms with Gasteiger partial charge in [0.05, 0.1) is 18.2 Å². The number of hydrogen-bond acceptors (Lipinski definition) is 5. The number of hydrogen-bond donors (Lipinski definition) is 2. The number of thiazole rings is 1. The summed E-state index contributed by atoms with van der Waals surface area (Å²) >= 11 is 1.46. The highest BCUT2D eigenvalue weighted by Crippen LogP contribution is 2.44. The van der Waals surface area contributed by atoms with Gasteiger partial charge in [0.2, 0.25) is 0 Å². The summed E-state index contributed by atoms with van der Waals surface area (Å²) in [5.41, 5.74) is 0.688. The van der Waals surface area contributed by atoms with Gasteiger partial charge in [-0.1, -0.05) is 13.8 Å². The summed E-state index contributed by atoms with van der Waals surface area (Å²) < 4.78 is 5.68. The number of carboxylic acid groups (broad SMARTS) is 1. The lowest BCUT2D eigenvalue weighted by Crippen LogP contribution is -2.58. The van der Waals surface area contributed by atoms with Crippen LogP contribution in [-0.2, 0) is 16.0 Å². The first-order chi connectivity index (χ1) is 8.93. The van der Waals surface area contributed by atoms with Gasteiger partial charge < -0.3 is 15.2 Å². The monoisotopic (exact) mass is 284 g/mol. The van der Waals surface area contributed by atoms with Gasteiger partial charge in [0.15, 0.2) is 5.13 Å². The van der Waals surface area contributed by atoms with E-state index >= 15 is 0 Å². The molecule has 1 heterocycles. The third kappa shape index (κ3) is 3.06. The third-order valence-electron chi connectivity index (χ3n) is 3.73. The molecule has 1 aliphatic rings. The van der Waals surface area contributed by atoms with Gasteiger partial charge >= 0.3 is 5.97 Å². The lowest BCUT2D eigenvalue weighted by molar-refractivity contribution is -0.136. The Balaban J connectivity index is 1.92. The molecule has 2 N–H and O–H groups in total. The van der Waals surface area contributed by atoms with Gasteiger partial charge in [0, 0.05) is 23.4 Å². The second-order valence-electron chi connectivity index (χ2n) is 5.41. The first kappa shape index (κ1) is 14.3. The van der Waals surface area contributed by atoms with E-state index in [1.165, 1.54) is 11.3 Å². The molecule has 2 rings (SSSR count). The summed E-state index contributed by atoms with van der Waals surface area (Å²) in [6.07, 6.45) is 1.23. The maximum absolute atomic E-state index is 10.6. The Morgan fingerprint density at radius 2 is 2.42 bits per heavy atom. The molecule has 0 amide bonds. The maximum Gasteiger partial charge on any atom is 0.309 e. The Labute approximate surface area is 117 Å². The van der Waals surface area contributed by atoms with Crippen molar-refractivity contribution in [2.75, 3.05) is 11.9 Å². The smallest absolute Gasteiger partial charge is 0.309 e. The fourth-order valence-corrected chi connectivity index (χ4v) is 3.14. The van der Waals surface area contributed by atoms with Crippen molar-refractivity contribution < 1.29 is 14.6 Å². The fourth-order valence-electron chi connectivity index (χ4n) is 2.37. The van der Waals surface area contributed by atoms with Gasteiger partial charge in [0.25, 0.3) is 0 Å². The molecule has 0 aromatic carbocycles. The summed E-state index contributed by atoms with van der Waals surface area (Å²) in [7, 11) is 0. The number of aromatic nitrogens is 1. The molecule has 6 heteroatoms. The Bertz CT molecular complexity index is 458. The van der Waals surface area contributed by atoms with Crippen LogP contribution in [0.3, 0.4) is 0 Å². The standard InChI is InChI=1S/C13H20N2O3S/c1-4-18-10-6-9(13(10,2)3)15-12-14-8(7-19-12)5-11(16)17/h7,9-10H,4-6H2,1-3H3,(H,14,15)(H,16,17). The van der Waals surface area contributed by atoms with Crippen molar-refractivity contribution in [3.63, 3.8) is 0 Å². The predicted octanol–water partition coefficient (Wildman–Crippen LogP) is 2.39. The minimum Gasteiger partial charge on any atom is -0.481 e. The Morgan fingerprint density at radius 1 is 1.68 bits per heavy atom. The summed E-state index contributed by atoms with van der Waals surface area (Å²) in [6.45, 7) is 7.11. The van der Waals surface area contributed by atoms with E-state index in [0.717, 1.165) is 18.2 Å². The topological polar surface area (TPSA) is 71.5 Å². The largest absolute Gasteiger partial charge is 0.481 e. The average Bonchev–Trinajstić information content (AvgIpc) is 2.74. The van der Waals surface area contributed by atoms with Crippen LogP contribution in [0.1, 0.15) is 32.9 Å². The van der Waals surface area contributed by atoms with Crippen LogP contribution in [0.25, 0.3) is 0 Å². The van der Waals surface area contributed by atoms with Crippen LogP contribution in [0, 0.1) is 5.41 Å². The molecule has 19 heavy (non-hydrogen) atoms. The second-order valence-corrected chi connectivity index (χ2v) is 6.27. The van der Waals surface area contributed by atoms with E-state index in [4.69, 9.17) is 9.84 Å². The molecule has 1 aromatic heterocycles. The van der Waals surface area contributed by atoms with Crippen LogP contribution >= 0.6 is 11.3 Å². The van der Waals surface area contributed by atoms with E-state index < -0.39 is 5.97 Å². The van der Waals surface area contributed by atoms with Crippen molar-refractivity contribution in [2.45, 2.75) is 45.8 Å². The van der Waals surface area contributed by atoms with Crippen LogP contribution < -0.4 is 5.32 Å². The lowest BCUT2D eigenvalue weighted by Gasteiger charge is -2.51. The summed E-state index contributed by atoms with van der Waals surface area (Å²) in [6, 6.07) is 0.327. The van der Waals surface area contributed by atoms with Gasteiger partial charge in [-0.25, -0.2) is 4.98 Å². The van der Waals surface area contributed by atoms with E-state index in [0.29, 0.717) is 11.7 Å². The zero-order chi connectivity index (χ0) is 14.0. The molecule has 0 aliphatic heterocycles. The molecule has 1 aromatic rings. The van der Waals surface area contributed by atoms with Crippen molar-refractivity contribution in [1.29, 1.82) is 0 Å². The quantitative estimate of drug-likeness (QED) is 0.839. The fraction of sp³-hybridized carbons (Fsp3) is 0.692. The number of nitrogens with zero attached hydrogens (tertiary/aromatic N) is 1. The molecule has 1 aliphatic carbocycles. The number of aliphatic carboxylic acids is 1. The van der Waals surface area contributed by atoms with Crippen molar-refractivity contribution >= 4 is 22.4 Å². The van der Waals surface area contributed by atoms with E-state index in [2.05, 4.69) is 24.1 Å². The Hall–Kier alpha value is -1.14. The molecule has 1 saturated carbocycles. The highest BCUT2D eigenvalue weighted by atomic mass is 32.1. The minimum atomic E-state index is -0.850. The molecule has 0 radical (unpaired) electrons. The van der Waals surface area contributed by atoms with Gasteiger partial charge in [0.1, 0.15) is 0 Å². The molecular formula is C13H20N2O3S. The zero-order valence-electron chi connectivity index (χ0n) is 11.5. The molecule has 1 fully saturated rings. The van der Waals surface area contributed by atoms with Crippen LogP contribution in [0.4, 0.5) is 5.13 Å². The Morgan fingerprint density at radius 3 is 3.00 bits per heavy atom. The predicted molar refractivity (Wildman–Crippen MR) is 74.7 cm³/mol. The van der Waals surface area contributed by atoms with Crippen molar-refractivity contribution in [1.82, 2.24) is 4.98 Å². The van der Waals surface area contributed by atoms with Gasteiger partial charge in [-0.3, -0.25) is 4.79 Å². The highest BCUT2D eigenvalue weighted by molar-refractivity contribution is 7.13. The molecule has 2 unspecified atom stereocenters. The number of carboxylic acids is 1. The average molecular weight is 284 g/mol. The Kier molecular flexibility index (Phi) is 4.10. The number of rotatable bonds is 6. The molecule has 106 valence electrons. The number of carbonyl (C=O) groups is 1. The van der Waals surface area contributed by atoms with Crippen LogP contribution in [0.5, 0.6) is 0 Å². The first-order valence-electron chi connectivity index (χ1n) is 6.47. The highest BCUT2D eigenvalue weighted by Gasteiger charge is 2.49. The zero-order valence-corrected chi connectivity index (χ0v) is 12.3. The molecule has 0 saturated heterocycles. The van der Waals surface area contributed by atoms with E-state index in [-0.39, 0.29) is 17.9 Å². The van der Waals surface area contributed by atoms with E-state index in [1.807, 2.05) is 6.92 Å². The van der Waals surface area contributed by atoms with Crippen molar-refractivity contribution in [3.05, 3.63) is 11.1 Å². The third-order valence-corrected chi connectivity index (χ3v) is 4.55. The van der Waals surface area contributed by atoms with Gasteiger partial charge in [-0.2, -0.15) is 0 Å². The normalized spacial score (nSPS) is 24.8. The lowest BCUT2D eigenvalue weighted by atomic mass is 9.64. The second kappa shape index (κ2) is 5.46. The molecule has 0 bridgehead atoms. The van der Waals surface area contributed by atoms with Crippen molar-refractivity contribution in [2.24, 2.45) is 5.41 Å². The van der Waals surface area contributed by atoms with Gasteiger partial charge in [-0.15, -0.1) is 11.3 Å². The maximum atomic E-state index is 10.6. The molecular weight excluding hydrogens is 264 g/mol. The summed E-state index contributed by atoms with van der Waals surface area (Å²) in [4.78, 5) is 14.9. The SMILES string of the molecule is CCOC1CC(Nc2nc(CC(=O)O)cs2)C1(C)C. The first-order valence-corrected chi connectivity index (χ1v) is 7.35. The van der Waals surface area contributed by atoms with Crippen LogP contribution in [0.15, 0.2) is 5.38 Å². The van der Waals surface area contributed by atoms with Crippen LogP contribution in [-0.4, -0.2) is 34.8 Å². The number of anilines is 1. The van der Waals surface area contributed by atoms with Crippen molar-refractivity contribution in [3.8, 4) is 0 Å². The minimum absolute atomic E-state index is 0.0200.